The molecule has 0 aliphatic carbocycles. The predicted molar refractivity (Wildman–Crippen MR) is 60.4 cm³/mol. The van der Waals surface area contributed by atoms with Crippen molar-refractivity contribution in [3.63, 3.8) is 0 Å². The lowest BCUT2D eigenvalue weighted by Crippen LogP contribution is -2.29. The third kappa shape index (κ3) is 2.16. The Kier molecular flexibility index (Phi) is 3.12. The van der Waals surface area contributed by atoms with Crippen LogP contribution in [0.25, 0.3) is 0 Å². The van der Waals surface area contributed by atoms with E-state index in [0.717, 1.165) is 4.31 Å². The van der Waals surface area contributed by atoms with Crippen molar-refractivity contribution in [3.05, 3.63) is 15.4 Å². The van der Waals surface area contributed by atoms with E-state index in [1.165, 1.54) is 6.92 Å². The van der Waals surface area contributed by atoms with E-state index in [-0.39, 0.29) is 23.0 Å². The molecule has 2 atom stereocenters. The van der Waals surface area contributed by atoms with Gasteiger partial charge < -0.3 is 15.2 Å². The Balaban J connectivity index is 2.38. The van der Waals surface area contributed by atoms with Gasteiger partial charge in [0.15, 0.2) is 4.21 Å². The Hall–Kier alpha value is -0.740. The van der Waals surface area contributed by atoms with Crippen molar-refractivity contribution in [3.8, 4) is 0 Å². The molecule has 1 aliphatic rings. The standard InChI is InChI=1S/C8H12N2O5S2/c1-4-7(16-8(13)9-4)17(14,15)10-2-5(11)6(12)3-10/h5-6,11-12H,2-3H2,1H3,(H,9,13)/t5-,6+. The average molecular weight is 280 g/mol. The van der Waals surface area contributed by atoms with Gasteiger partial charge in [0, 0.05) is 18.8 Å². The van der Waals surface area contributed by atoms with E-state index in [9.17, 15) is 23.4 Å². The molecule has 17 heavy (non-hydrogen) atoms. The highest BCUT2D eigenvalue weighted by atomic mass is 32.2. The van der Waals surface area contributed by atoms with E-state index < -0.39 is 27.1 Å². The number of H-pyrrole nitrogens is 1. The lowest BCUT2D eigenvalue weighted by molar-refractivity contribution is 0.0572. The number of thiazole rings is 1. The average Bonchev–Trinajstić information content (AvgIpc) is 2.72. The van der Waals surface area contributed by atoms with Crippen LogP contribution in [-0.4, -0.2) is 53.2 Å². The molecule has 9 heteroatoms. The van der Waals surface area contributed by atoms with Crippen LogP contribution >= 0.6 is 11.3 Å². The van der Waals surface area contributed by atoms with Gasteiger partial charge in [-0.25, -0.2) is 8.42 Å². The molecule has 1 fully saturated rings. The van der Waals surface area contributed by atoms with Crippen molar-refractivity contribution in [2.45, 2.75) is 23.3 Å². The molecule has 7 nitrogen and oxygen atoms in total. The predicted octanol–water partition coefficient (Wildman–Crippen LogP) is -1.53. The van der Waals surface area contributed by atoms with Crippen LogP contribution in [0.5, 0.6) is 0 Å². The summed E-state index contributed by atoms with van der Waals surface area (Å²) < 4.78 is 25.1. The first kappa shape index (κ1) is 12.7. The number of nitrogens with zero attached hydrogens (tertiary/aromatic N) is 1. The molecule has 0 saturated carbocycles. The smallest absolute Gasteiger partial charge is 0.305 e. The molecule has 1 aromatic rings. The van der Waals surface area contributed by atoms with Crippen LogP contribution in [0.2, 0.25) is 0 Å². The maximum absolute atomic E-state index is 12.1. The highest BCUT2D eigenvalue weighted by Gasteiger charge is 2.39. The number of hydrogen-bond acceptors (Lipinski definition) is 6. The molecule has 0 aromatic carbocycles. The number of aromatic amines is 1. The number of aromatic nitrogens is 1. The number of aryl methyl sites for hydroxylation is 1. The molecule has 96 valence electrons. The third-order valence-electron chi connectivity index (χ3n) is 2.58. The summed E-state index contributed by atoms with van der Waals surface area (Å²) in [5, 5.41) is 18.7. The summed E-state index contributed by atoms with van der Waals surface area (Å²) in [6, 6.07) is 0. The Morgan fingerprint density at radius 3 is 2.29 bits per heavy atom. The van der Waals surface area contributed by atoms with Crippen LogP contribution in [0, 0.1) is 6.92 Å². The van der Waals surface area contributed by atoms with E-state index in [2.05, 4.69) is 4.98 Å². The third-order valence-corrected chi connectivity index (χ3v) is 5.99. The van der Waals surface area contributed by atoms with Gasteiger partial charge >= 0.3 is 4.87 Å². The summed E-state index contributed by atoms with van der Waals surface area (Å²) in [6.45, 7) is 1.18. The number of sulfonamides is 1. The van der Waals surface area contributed by atoms with E-state index in [1.54, 1.807) is 0 Å². The summed E-state index contributed by atoms with van der Waals surface area (Å²) in [5.74, 6) is 0. The second kappa shape index (κ2) is 4.18. The maximum atomic E-state index is 12.1. The molecule has 0 amide bonds. The van der Waals surface area contributed by atoms with Gasteiger partial charge in [-0.15, -0.1) is 0 Å². The molecule has 1 saturated heterocycles. The first-order valence-electron chi connectivity index (χ1n) is 4.88. The lowest BCUT2D eigenvalue weighted by atomic mass is 10.3. The van der Waals surface area contributed by atoms with E-state index >= 15 is 0 Å². The molecule has 1 aliphatic heterocycles. The Bertz CT molecular complexity index is 565. The summed E-state index contributed by atoms with van der Waals surface area (Å²) >= 11 is 0.607. The highest BCUT2D eigenvalue weighted by molar-refractivity contribution is 7.91. The number of aliphatic hydroxyl groups excluding tert-OH is 2. The zero-order chi connectivity index (χ0) is 12.8. The van der Waals surface area contributed by atoms with Crippen molar-refractivity contribution < 1.29 is 18.6 Å². The fraction of sp³-hybridized carbons (Fsp3) is 0.625. The quantitative estimate of drug-likeness (QED) is 0.609. The van der Waals surface area contributed by atoms with Gasteiger partial charge in [0.2, 0.25) is 0 Å². The molecular formula is C8H12N2O5S2. The van der Waals surface area contributed by atoms with Gasteiger partial charge in [0.05, 0.1) is 12.2 Å². The van der Waals surface area contributed by atoms with Gasteiger partial charge in [-0.2, -0.15) is 4.31 Å². The van der Waals surface area contributed by atoms with Gasteiger partial charge in [-0.3, -0.25) is 4.79 Å². The minimum atomic E-state index is -3.81. The number of aliphatic hydroxyl groups is 2. The van der Waals surface area contributed by atoms with Crippen molar-refractivity contribution in [2.75, 3.05) is 13.1 Å². The number of β-amino-alcohol motifs (C(OH)–C–C–N with tert-alkyl or cyclic N) is 2. The zero-order valence-corrected chi connectivity index (χ0v) is 10.6. The van der Waals surface area contributed by atoms with Gasteiger partial charge in [0.1, 0.15) is 0 Å². The van der Waals surface area contributed by atoms with Crippen molar-refractivity contribution in [1.29, 1.82) is 0 Å². The molecule has 3 N–H and O–H groups in total. The zero-order valence-electron chi connectivity index (χ0n) is 8.95. The largest absolute Gasteiger partial charge is 0.389 e. The topological polar surface area (TPSA) is 111 Å². The van der Waals surface area contributed by atoms with Gasteiger partial charge in [-0.1, -0.05) is 11.3 Å². The number of rotatable bonds is 2. The Labute approximate surface area is 101 Å². The van der Waals surface area contributed by atoms with Crippen LogP contribution in [-0.2, 0) is 10.0 Å². The molecule has 0 unspecified atom stereocenters. The molecule has 2 heterocycles. The summed E-state index contributed by atoms with van der Waals surface area (Å²) in [4.78, 5) is 13.0. The van der Waals surface area contributed by atoms with E-state index in [0.29, 0.717) is 11.3 Å². The van der Waals surface area contributed by atoms with E-state index in [1.807, 2.05) is 0 Å². The fourth-order valence-electron chi connectivity index (χ4n) is 1.69. The van der Waals surface area contributed by atoms with E-state index in [4.69, 9.17) is 0 Å². The first-order valence-corrected chi connectivity index (χ1v) is 7.14. The Morgan fingerprint density at radius 2 is 1.88 bits per heavy atom. The summed E-state index contributed by atoms with van der Waals surface area (Å²) in [6.07, 6.45) is -2.17. The van der Waals surface area contributed by atoms with Crippen molar-refractivity contribution in [1.82, 2.24) is 9.29 Å². The molecule has 2 rings (SSSR count). The fourth-order valence-corrected chi connectivity index (χ4v) is 4.60. The minimum absolute atomic E-state index is 0.0659. The number of nitrogens with one attached hydrogen (secondary N) is 1. The summed E-state index contributed by atoms with van der Waals surface area (Å²) in [7, 11) is -3.81. The molecule has 0 bridgehead atoms. The summed E-state index contributed by atoms with van der Waals surface area (Å²) in [5.41, 5.74) is 0.274. The molecule has 0 spiro atoms. The second-order valence-electron chi connectivity index (χ2n) is 3.88. The van der Waals surface area contributed by atoms with Crippen LogP contribution in [0.3, 0.4) is 0 Å². The van der Waals surface area contributed by atoms with Crippen LogP contribution in [0.1, 0.15) is 5.69 Å². The first-order chi connectivity index (χ1) is 7.82. The van der Waals surface area contributed by atoms with Gasteiger partial charge in [0.25, 0.3) is 10.0 Å². The van der Waals surface area contributed by atoms with Crippen molar-refractivity contribution in [2.24, 2.45) is 0 Å². The second-order valence-corrected chi connectivity index (χ2v) is 7.00. The SMILES string of the molecule is Cc1[nH]c(=O)sc1S(=O)(=O)N1C[C@@H](O)[C@@H](O)C1. The monoisotopic (exact) mass is 280 g/mol. The van der Waals surface area contributed by atoms with Crippen LogP contribution in [0.15, 0.2) is 9.00 Å². The minimum Gasteiger partial charge on any atom is -0.389 e. The molecule has 0 radical (unpaired) electrons. The highest BCUT2D eigenvalue weighted by Crippen LogP contribution is 2.24. The normalized spacial score (nSPS) is 26.5. The van der Waals surface area contributed by atoms with Crippen molar-refractivity contribution >= 4 is 21.4 Å². The lowest BCUT2D eigenvalue weighted by Gasteiger charge is -2.14. The van der Waals surface area contributed by atoms with Crippen LogP contribution < -0.4 is 4.87 Å². The van der Waals surface area contributed by atoms with Crippen LogP contribution in [0.4, 0.5) is 0 Å². The van der Waals surface area contributed by atoms with Gasteiger partial charge in [-0.05, 0) is 6.92 Å². The molecular weight excluding hydrogens is 268 g/mol. The number of hydrogen-bond donors (Lipinski definition) is 3. The maximum Gasteiger partial charge on any atom is 0.305 e. The molecule has 1 aromatic heterocycles. The Morgan fingerprint density at radius 1 is 1.35 bits per heavy atom.